The molecule has 0 aromatic rings. The largest absolute Gasteiger partial charge is 0.469 e. The Hall–Kier alpha value is -1.01. The summed E-state index contributed by atoms with van der Waals surface area (Å²) in [4.78, 5) is 24.4. The van der Waals surface area contributed by atoms with Crippen molar-refractivity contribution in [2.24, 2.45) is 11.8 Å². The molecule has 0 N–H and O–H groups in total. The van der Waals surface area contributed by atoms with Gasteiger partial charge in [0, 0.05) is 4.91 Å². The minimum absolute atomic E-state index is 0.369. The van der Waals surface area contributed by atoms with Crippen molar-refractivity contribution in [3.05, 3.63) is 11.0 Å². The highest BCUT2D eigenvalue weighted by atomic mass is 32.2. The Bertz CT molecular complexity index is 378. The van der Waals surface area contributed by atoms with Gasteiger partial charge < -0.3 is 14.2 Å². The van der Waals surface area contributed by atoms with Gasteiger partial charge in [-0.05, 0) is 12.3 Å². The van der Waals surface area contributed by atoms with Crippen LogP contribution in [0.15, 0.2) is 11.0 Å². The molecule has 0 aliphatic carbocycles. The van der Waals surface area contributed by atoms with E-state index in [1.54, 1.807) is 0 Å². The number of thioether (sulfide) groups is 1. The van der Waals surface area contributed by atoms with E-state index in [0.717, 1.165) is 4.91 Å². The summed E-state index contributed by atoms with van der Waals surface area (Å²) in [6.07, 6.45) is 3.05. The Morgan fingerprint density at radius 1 is 1.24 bits per heavy atom. The van der Waals surface area contributed by atoms with Crippen LogP contribution in [0.3, 0.4) is 0 Å². The van der Waals surface area contributed by atoms with Gasteiger partial charge in [0.2, 0.25) is 0 Å². The number of methoxy groups -OCH3 is 2. The number of fused-ring (bicyclic) bond motifs is 2. The maximum atomic E-state index is 11.7. The van der Waals surface area contributed by atoms with Crippen LogP contribution in [0.5, 0.6) is 0 Å². The SMILES string of the molecule is COC(=O)C1C2C=C(SC)C(O2)C1C(=O)OC. The Morgan fingerprint density at radius 2 is 1.82 bits per heavy atom. The first kappa shape index (κ1) is 12.4. The Morgan fingerprint density at radius 3 is 2.35 bits per heavy atom. The molecule has 4 atom stereocenters. The van der Waals surface area contributed by atoms with Crippen LogP contribution >= 0.6 is 11.8 Å². The number of carbonyl (C=O) groups excluding carboxylic acids is 2. The van der Waals surface area contributed by atoms with Crippen LogP contribution in [-0.2, 0) is 23.8 Å². The molecule has 0 aromatic carbocycles. The third-order valence-electron chi connectivity index (χ3n) is 3.16. The third-order valence-corrected chi connectivity index (χ3v) is 4.00. The van der Waals surface area contributed by atoms with Gasteiger partial charge in [-0.1, -0.05) is 0 Å². The van der Waals surface area contributed by atoms with Crippen LogP contribution in [0.25, 0.3) is 0 Å². The predicted octanol–water partition coefficient (Wildman–Crippen LogP) is 0.593. The Labute approximate surface area is 103 Å². The molecule has 0 amide bonds. The van der Waals surface area contributed by atoms with E-state index in [9.17, 15) is 9.59 Å². The van der Waals surface area contributed by atoms with Crippen molar-refractivity contribution in [2.45, 2.75) is 12.2 Å². The van der Waals surface area contributed by atoms with Crippen molar-refractivity contribution in [1.29, 1.82) is 0 Å². The zero-order valence-corrected chi connectivity index (χ0v) is 10.7. The summed E-state index contributed by atoms with van der Waals surface area (Å²) in [5.74, 6) is -2.03. The topological polar surface area (TPSA) is 61.8 Å². The minimum atomic E-state index is -0.593. The number of ether oxygens (including phenoxy) is 3. The summed E-state index contributed by atoms with van der Waals surface area (Å²) in [5, 5.41) is 0. The van der Waals surface area contributed by atoms with Crippen molar-refractivity contribution in [1.82, 2.24) is 0 Å². The lowest BCUT2D eigenvalue weighted by Crippen LogP contribution is -2.38. The van der Waals surface area contributed by atoms with Crippen molar-refractivity contribution >= 4 is 23.7 Å². The van der Waals surface area contributed by atoms with Crippen molar-refractivity contribution in [2.75, 3.05) is 20.5 Å². The molecule has 5 nitrogen and oxygen atoms in total. The highest BCUT2D eigenvalue weighted by Crippen LogP contribution is 2.46. The fourth-order valence-electron chi connectivity index (χ4n) is 2.38. The lowest BCUT2D eigenvalue weighted by Gasteiger charge is -2.23. The third kappa shape index (κ3) is 1.85. The summed E-state index contributed by atoms with van der Waals surface area (Å²) in [6, 6.07) is 0. The van der Waals surface area contributed by atoms with Crippen molar-refractivity contribution in [3.63, 3.8) is 0 Å². The molecular formula is C11H14O5S. The van der Waals surface area contributed by atoms with Gasteiger partial charge in [-0.3, -0.25) is 9.59 Å². The van der Waals surface area contributed by atoms with Gasteiger partial charge in [-0.25, -0.2) is 0 Å². The first-order valence-corrected chi connectivity index (χ1v) is 6.43. The van der Waals surface area contributed by atoms with Gasteiger partial charge in [0.1, 0.15) is 17.9 Å². The molecule has 2 bridgehead atoms. The minimum Gasteiger partial charge on any atom is -0.469 e. The fraction of sp³-hybridized carbons (Fsp3) is 0.636. The monoisotopic (exact) mass is 258 g/mol. The molecule has 6 heteroatoms. The maximum Gasteiger partial charge on any atom is 0.312 e. The molecule has 94 valence electrons. The van der Waals surface area contributed by atoms with Gasteiger partial charge in [0.25, 0.3) is 0 Å². The van der Waals surface area contributed by atoms with Crippen LogP contribution in [0.2, 0.25) is 0 Å². The average molecular weight is 258 g/mol. The summed E-state index contributed by atoms with van der Waals surface area (Å²) < 4.78 is 15.1. The molecule has 1 saturated heterocycles. The molecule has 2 aliphatic heterocycles. The lowest BCUT2D eigenvalue weighted by molar-refractivity contribution is -0.156. The number of hydrogen-bond acceptors (Lipinski definition) is 6. The summed E-state index contributed by atoms with van der Waals surface area (Å²) in [5.41, 5.74) is 0. The highest BCUT2D eigenvalue weighted by Gasteiger charge is 2.57. The first-order valence-electron chi connectivity index (χ1n) is 5.20. The number of carbonyl (C=O) groups is 2. The van der Waals surface area contributed by atoms with Crippen LogP contribution in [0.4, 0.5) is 0 Å². The Kier molecular flexibility index (Phi) is 3.44. The van der Waals surface area contributed by atoms with Crippen LogP contribution < -0.4 is 0 Å². The van der Waals surface area contributed by atoms with Crippen LogP contribution in [-0.4, -0.2) is 44.6 Å². The predicted molar refractivity (Wildman–Crippen MR) is 61.3 cm³/mol. The van der Waals surface area contributed by atoms with Crippen molar-refractivity contribution < 1.29 is 23.8 Å². The second-order valence-electron chi connectivity index (χ2n) is 3.89. The second kappa shape index (κ2) is 4.70. The molecule has 0 saturated carbocycles. The number of hydrogen-bond donors (Lipinski definition) is 0. The maximum absolute atomic E-state index is 11.7. The average Bonchev–Trinajstić information content (AvgIpc) is 2.93. The summed E-state index contributed by atoms with van der Waals surface area (Å²) in [6.45, 7) is 0. The standard InChI is InChI=1S/C11H14O5S/c1-14-10(12)7-5-4-6(17-3)9(16-5)8(7)11(13)15-2/h4-5,7-9H,1-3H3. The fourth-order valence-corrected chi connectivity index (χ4v) is 3.09. The second-order valence-corrected chi connectivity index (χ2v) is 4.77. The molecular weight excluding hydrogens is 244 g/mol. The van der Waals surface area contributed by atoms with E-state index in [4.69, 9.17) is 14.2 Å². The summed E-state index contributed by atoms with van der Waals surface area (Å²) >= 11 is 1.52. The molecule has 0 spiro atoms. The summed E-state index contributed by atoms with van der Waals surface area (Å²) in [7, 11) is 2.62. The molecule has 0 radical (unpaired) electrons. The molecule has 4 unspecified atom stereocenters. The number of rotatable bonds is 3. The van der Waals surface area contributed by atoms with Gasteiger partial charge >= 0.3 is 11.9 Å². The number of esters is 2. The quantitative estimate of drug-likeness (QED) is 0.691. The van der Waals surface area contributed by atoms with E-state index >= 15 is 0 Å². The van der Waals surface area contributed by atoms with Gasteiger partial charge in [0.05, 0.1) is 20.3 Å². The molecule has 2 aliphatic rings. The molecule has 1 fully saturated rings. The van der Waals surface area contributed by atoms with E-state index in [0.29, 0.717) is 0 Å². The molecule has 17 heavy (non-hydrogen) atoms. The zero-order valence-electron chi connectivity index (χ0n) is 9.84. The zero-order chi connectivity index (χ0) is 12.6. The lowest BCUT2D eigenvalue weighted by atomic mass is 9.83. The smallest absolute Gasteiger partial charge is 0.312 e. The van der Waals surface area contributed by atoms with Gasteiger partial charge in [0.15, 0.2) is 0 Å². The first-order chi connectivity index (χ1) is 8.13. The Balaban J connectivity index is 2.30. The molecule has 2 rings (SSSR count). The van der Waals surface area contributed by atoms with E-state index in [-0.39, 0.29) is 12.2 Å². The van der Waals surface area contributed by atoms with E-state index in [1.165, 1.54) is 26.0 Å². The normalized spacial score (nSPS) is 34.4. The molecule has 0 aromatic heterocycles. The van der Waals surface area contributed by atoms with Gasteiger partial charge in [-0.2, -0.15) is 0 Å². The van der Waals surface area contributed by atoms with E-state index < -0.39 is 23.8 Å². The van der Waals surface area contributed by atoms with Gasteiger partial charge in [-0.15, -0.1) is 11.8 Å². The van der Waals surface area contributed by atoms with E-state index in [2.05, 4.69) is 0 Å². The highest BCUT2D eigenvalue weighted by molar-refractivity contribution is 8.02. The van der Waals surface area contributed by atoms with Crippen molar-refractivity contribution in [3.8, 4) is 0 Å². The van der Waals surface area contributed by atoms with E-state index in [1.807, 2.05) is 12.3 Å². The molecule has 2 heterocycles. The van der Waals surface area contributed by atoms with Crippen LogP contribution in [0.1, 0.15) is 0 Å². The van der Waals surface area contributed by atoms with Crippen LogP contribution in [0, 0.1) is 11.8 Å².